The van der Waals surface area contributed by atoms with Crippen LogP contribution in [0.25, 0.3) is 0 Å². The van der Waals surface area contributed by atoms with Crippen LogP contribution in [0.5, 0.6) is 0 Å². The number of unbranched alkanes of at least 4 members (excludes halogenated alkanes) is 2. The first-order chi connectivity index (χ1) is 9.99. The maximum absolute atomic E-state index is 9.98. The molecule has 0 unspecified atom stereocenters. The average molecular weight is 304 g/mol. The van der Waals surface area contributed by atoms with E-state index in [1.807, 2.05) is 0 Å². The van der Waals surface area contributed by atoms with Gasteiger partial charge in [0.25, 0.3) is 0 Å². The summed E-state index contributed by atoms with van der Waals surface area (Å²) in [6.07, 6.45) is 6.50. The molecule has 0 aromatic carbocycles. The third kappa shape index (κ3) is 12.3. The van der Waals surface area contributed by atoms with E-state index in [9.17, 15) is 9.59 Å². The number of hydrogen-bond acceptors (Lipinski definition) is 4. The molecule has 0 amide bonds. The Morgan fingerprint density at radius 1 is 0.714 bits per heavy atom. The molecule has 124 valence electrons. The largest absolute Gasteiger partial charge is 0.481 e. The molecule has 6 heteroatoms. The summed E-state index contributed by atoms with van der Waals surface area (Å²) in [5.41, 5.74) is 0. The monoisotopic (exact) mass is 304 g/mol. The fourth-order valence-corrected chi connectivity index (χ4v) is 2.33. The number of hydrogen-bond donors (Lipinski definition) is 4. The van der Waals surface area contributed by atoms with E-state index in [2.05, 4.69) is 0 Å². The van der Waals surface area contributed by atoms with Crippen LogP contribution in [0.4, 0.5) is 0 Å². The highest BCUT2D eigenvalue weighted by Crippen LogP contribution is 2.27. The molecular formula is C15H28O6. The van der Waals surface area contributed by atoms with E-state index >= 15 is 0 Å². The first kappa shape index (κ1) is 19.9. The maximum atomic E-state index is 9.98. The highest BCUT2D eigenvalue weighted by Gasteiger charge is 2.19. The third-order valence-corrected chi connectivity index (χ3v) is 3.76. The van der Waals surface area contributed by atoms with Crippen molar-refractivity contribution in [2.45, 2.75) is 57.8 Å². The second kappa shape index (κ2) is 12.6. The van der Waals surface area contributed by atoms with Crippen LogP contribution in [-0.4, -0.2) is 45.6 Å². The molecule has 1 saturated carbocycles. The average Bonchev–Trinajstić information content (AvgIpc) is 2.47. The van der Waals surface area contributed by atoms with Crippen molar-refractivity contribution in [1.29, 1.82) is 0 Å². The lowest BCUT2D eigenvalue weighted by molar-refractivity contribution is -0.137. The first-order valence-electron chi connectivity index (χ1n) is 7.64. The molecule has 0 heterocycles. The summed E-state index contributed by atoms with van der Waals surface area (Å²) in [4.78, 5) is 20.0. The second-order valence-electron chi connectivity index (χ2n) is 5.60. The van der Waals surface area contributed by atoms with E-state index in [4.69, 9.17) is 20.4 Å². The van der Waals surface area contributed by atoms with E-state index < -0.39 is 11.9 Å². The van der Waals surface area contributed by atoms with Gasteiger partial charge in [0.15, 0.2) is 0 Å². The summed E-state index contributed by atoms with van der Waals surface area (Å²) in [7, 11) is 0. The minimum atomic E-state index is -0.819. The van der Waals surface area contributed by atoms with Crippen molar-refractivity contribution >= 4 is 11.9 Å². The Hall–Kier alpha value is -1.14. The van der Waals surface area contributed by atoms with Gasteiger partial charge < -0.3 is 20.4 Å². The SMILES string of the molecule is O=C(O)CCCCCC(=O)O.OCC1CCC(CO)CC1. The maximum Gasteiger partial charge on any atom is 0.303 e. The lowest BCUT2D eigenvalue weighted by Crippen LogP contribution is -2.19. The number of carboxylic acid groups (broad SMARTS) is 2. The Morgan fingerprint density at radius 3 is 1.29 bits per heavy atom. The number of carboxylic acids is 2. The van der Waals surface area contributed by atoms with Crippen molar-refractivity contribution < 1.29 is 30.0 Å². The molecule has 0 spiro atoms. The lowest BCUT2D eigenvalue weighted by Gasteiger charge is -2.25. The molecule has 0 radical (unpaired) electrons. The first-order valence-corrected chi connectivity index (χ1v) is 7.64. The molecule has 0 bridgehead atoms. The van der Waals surface area contributed by atoms with Crippen LogP contribution in [0, 0.1) is 11.8 Å². The smallest absolute Gasteiger partial charge is 0.303 e. The van der Waals surface area contributed by atoms with Crippen LogP contribution in [0.3, 0.4) is 0 Å². The van der Waals surface area contributed by atoms with Gasteiger partial charge in [-0.1, -0.05) is 6.42 Å². The fraction of sp³-hybridized carbons (Fsp3) is 0.867. The van der Waals surface area contributed by atoms with Crippen molar-refractivity contribution in [1.82, 2.24) is 0 Å². The summed E-state index contributed by atoms with van der Waals surface area (Å²) in [6, 6.07) is 0. The summed E-state index contributed by atoms with van der Waals surface area (Å²) in [5, 5.41) is 34.0. The second-order valence-corrected chi connectivity index (χ2v) is 5.60. The number of aliphatic hydroxyl groups is 2. The topological polar surface area (TPSA) is 115 Å². The van der Waals surface area contributed by atoms with E-state index in [0.717, 1.165) is 25.7 Å². The number of carbonyl (C=O) groups is 2. The molecule has 4 N–H and O–H groups in total. The molecule has 1 aliphatic carbocycles. The number of aliphatic carboxylic acids is 2. The third-order valence-electron chi connectivity index (χ3n) is 3.76. The summed E-state index contributed by atoms with van der Waals surface area (Å²) >= 11 is 0. The molecule has 1 rings (SSSR count). The summed E-state index contributed by atoms with van der Waals surface area (Å²) < 4.78 is 0. The molecule has 0 aromatic heterocycles. The Labute approximate surface area is 125 Å². The fourth-order valence-electron chi connectivity index (χ4n) is 2.33. The van der Waals surface area contributed by atoms with Gasteiger partial charge in [-0.2, -0.15) is 0 Å². The number of aliphatic hydroxyl groups excluding tert-OH is 2. The normalized spacial score (nSPS) is 21.2. The molecule has 0 saturated heterocycles. The summed E-state index contributed by atoms with van der Waals surface area (Å²) in [5.74, 6) is -0.605. The highest BCUT2D eigenvalue weighted by atomic mass is 16.4. The van der Waals surface area contributed by atoms with E-state index in [0.29, 0.717) is 44.3 Å². The molecule has 1 aliphatic rings. The van der Waals surface area contributed by atoms with E-state index in [1.54, 1.807) is 0 Å². The van der Waals surface area contributed by atoms with Gasteiger partial charge in [-0.25, -0.2) is 0 Å². The predicted octanol–water partition coefficient (Wildman–Crippen LogP) is 1.88. The predicted molar refractivity (Wildman–Crippen MR) is 78.0 cm³/mol. The van der Waals surface area contributed by atoms with Crippen molar-refractivity contribution in [3.63, 3.8) is 0 Å². The molecule has 0 aromatic rings. The van der Waals surface area contributed by atoms with Crippen LogP contribution in [0.2, 0.25) is 0 Å². The van der Waals surface area contributed by atoms with Crippen LogP contribution in [0.15, 0.2) is 0 Å². The van der Waals surface area contributed by atoms with Crippen molar-refractivity contribution in [2.75, 3.05) is 13.2 Å². The Morgan fingerprint density at radius 2 is 1.05 bits per heavy atom. The number of rotatable bonds is 8. The van der Waals surface area contributed by atoms with Gasteiger partial charge in [0.05, 0.1) is 0 Å². The van der Waals surface area contributed by atoms with Gasteiger partial charge in [0.2, 0.25) is 0 Å². The van der Waals surface area contributed by atoms with Crippen molar-refractivity contribution in [3.05, 3.63) is 0 Å². The van der Waals surface area contributed by atoms with Gasteiger partial charge in [0.1, 0.15) is 0 Å². The molecule has 21 heavy (non-hydrogen) atoms. The molecule has 1 fully saturated rings. The van der Waals surface area contributed by atoms with Gasteiger partial charge in [-0.15, -0.1) is 0 Å². The molecular weight excluding hydrogens is 276 g/mol. The van der Waals surface area contributed by atoms with E-state index in [-0.39, 0.29) is 12.8 Å². The summed E-state index contributed by atoms with van der Waals surface area (Å²) in [6.45, 7) is 0.663. The highest BCUT2D eigenvalue weighted by molar-refractivity contribution is 5.67. The zero-order valence-corrected chi connectivity index (χ0v) is 12.5. The van der Waals surface area contributed by atoms with Crippen molar-refractivity contribution in [3.8, 4) is 0 Å². The van der Waals surface area contributed by atoms with Crippen LogP contribution >= 0.6 is 0 Å². The minimum Gasteiger partial charge on any atom is -0.481 e. The minimum absolute atomic E-state index is 0.139. The van der Waals surface area contributed by atoms with Gasteiger partial charge in [0, 0.05) is 26.1 Å². The zero-order valence-electron chi connectivity index (χ0n) is 12.5. The van der Waals surface area contributed by atoms with E-state index in [1.165, 1.54) is 0 Å². The Kier molecular flexibility index (Phi) is 11.9. The standard InChI is InChI=1S/C8H16O2.C7H12O4/c9-5-7-1-2-8(6-10)4-3-7;8-6(9)4-2-1-3-5-7(10)11/h7-10H,1-6H2;1-5H2,(H,8,9)(H,10,11). The van der Waals surface area contributed by atoms with Crippen LogP contribution in [-0.2, 0) is 9.59 Å². The van der Waals surface area contributed by atoms with Crippen LogP contribution < -0.4 is 0 Å². The van der Waals surface area contributed by atoms with Gasteiger partial charge in [-0.3, -0.25) is 9.59 Å². The Balaban J connectivity index is 0.000000382. The van der Waals surface area contributed by atoms with Gasteiger partial charge in [-0.05, 0) is 50.4 Å². The lowest BCUT2D eigenvalue weighted by atomic mass is 9.83. The zero-order chi connectivity index (χ0) is 16.1. The quantitative estimate of drug-likeness (QED) is 0.509. The molecule has 6 nitrogen and oxygen atoms in total. The Bertz CT molecular complexity index is 256. The van der Waals surface area contributed by atoms with Gasteiger partial charge >= 0.3 is 11.9 Å². The van der Waals surface area contributed by atoms with Crippen LogP contribution in [0.1, 0.15) is 57.8 Å². The molecule has 0 aliphatic heterocycles. The molecule has 0 atom stereocenters. The van der Waals surface area contributed by atoms with Crippen molar-refractivity contribution in [2.24, 2.45) is 11.8 Å².